The van der Waals surface area contributed by atoms with E-state index < -0.39 is 0 Å². The molecule has 8 heteroatoms. The lowest BCUT2D eigenvalue weighted by atomic mass is 10.1. The lowest BCUT2D eigenvalue weighted by molar-refractivity contribution is -0.115. The van der Waals surface area contributed by atoms with Crippen molar-refractivity contribution in [1.29, 1.82) is 0 Å². The van der Waals surface area contributed by atoms with Gasteiger partial charge in [0.25, 0.3) is 0 Å². The summed E-state index contributed by atoms with van der Waals surface area (Å²) in [6.45, 7) is 0. The van der Waals surface area contributed by atoms with Gasteiger partial charge in [0, 0.05) is 64.8 Å². The summed E-state index contributed by atoms with van der Waals surface area (Å²) in [7, 11) is 1.83. The van der Waals surface area contributed by atoms with E-state index in [1.54, 1.807) is 53.7 Å². The molecule has 5 rings (SSSR count). The van der Waals surface area contributed by atoms with Crippen LogP contribution in [0.2, 0.25) is 0 Å². The van der Waals surface area contributed by atoms with E-state index in [4.69, 9.17) is 0 Å². The molecule has 0 aliphatic carbocycles. The fourth-order valence-electron chi connectivity index (χ4n) is 3.55. The summed E-state index contributed by atoms with van der Waals surface area (Å²) >= 11 is 0. The van der Waals surface area contributed by atoms with Gasteiger partial charge in [-0.05, 0) is 30.3 Å². The highest BCUT2D eigenvalue weighted by Crippen LogP contribution is 2.22. The van der Waals surface area contributed by atoms with E-state index in [0.717, 1.165) is 11.1 Å². The molecule has 32 heavy (non-hydrogen) atoms. The second-order valence-electron chi connectivity index (χ2n) is 7.42. The van der Waals surface area contributed by atoms with Gasteiger partial charge in [0.05, 0.1) is 18.1 Å². The summed E-state index contributed by atoms with van der Waals surface area (Å²) in [5, 5.41) is 8.54. The highest BCUT2D eigenvalue weighted by atomic mass is 16.1. The van der Waals surface area contributed by atoms with Crippen molar-refractivity contribution < 1.29 is 4.79 Å². The highest BCUT2D eigenvalue weighted by Gasteiger charge is 2.10. The molecule has 0 aliphatic heterocycles. The summed E-state index contributed by atoms with van der Waals surface area (Å²) in [5.41, 5.74) is 2.74. The summed E-state index contributed by atoms with van der Waals surface area (Å²) < 4.78 is 1.70. The first kappa shape index (κ1) is 19.5. The maximum Gasteiger partial charge on any atom is 0.231 e. The number of carbonyl (C=O) groups excluding carboxylic acids is 1. The fraction of sp³-hybridized carbons (Fsp3) is 0.0833. The van der Waals surface area contributed by atoms with Crippen molar-refractivity contribution in [3.63, 3.8) is 0 Å². The number of nitrogens with zero attached hydrogens (tertiary/aromatic N) is 5. The van der Waals surface area contributed by atoms with E-state index >= 15 is 0 Å². The van der Waals surface area contributed by atoms with Gasteiger partial charge in [-0.1, -0.05) is 12.1 Å². The average Bonchev–Trinajstić information content (AvgIpc) is 3.19. The van der Waals surface area contributed by atoms with Crippen LogP contribution >= 0.6 is 0 Å². The van der Waals surface area contributed by atoms with E-state index in [0.29, 0.717) is 33.2 Å². The SMILES string of the molecule is Cn1cc(-c2cnc3ccc4cnc(NC(=O)Cc5ccccn5)cc4c(=O)c3c2)cn1. The van der Waals surface area contributed by atoms with Crippen LogP contribution in [0.4, 0.5) is 5.82 Å². The van der Waals surface area contributed by atoms with E-state index in [1.807, 2.05) is 31.4 Å². The van der Waals surface area contributed by atoms with E-state index in [1.165, 1.54) is 0 Å². The molecule has 5 aromatic rings. The Morgan fingerprint density at radius 1 is 0.969 bits per heavy atom. The molecule has 0 unspecified atom stereocenters. The number of amides is 1. The van der Waals surface area contributed by atoms with Crippen LogP contribution in [-0.4, -0.2) is 30.6 Å². The summed E-state index contributed by atoms with van der Waals surface area (Å²) in [5.74, 6) is 0.0555. The number of nitrogens with one attached hydrogen (secondary N) is 1. The topological polar surface area (TPSA) is 103 Å². The molecular formula is C24H18N6O2. The minimum Gasteiger partial charge on any atom is -0.310 e. The van der Waals surface area contributed by atoms with Crippen molar-refractivity contribution >= 4 is 33.4 Å². The number of rotatable bonds is 4. The number of fused-ring (bicyclic) bond motifs is 2. The quantitative estimate of drug-likeness (QED) is 0.477. The number of aryl methyl sites for hydroxylation is 1. The Bertz CT molecular complexity index is 1530. The van der Waals surface area contributed by atoms with Crippen LogP contribution in [0.25, 0.3) is 32.8 Å². The third-order valence-electron chi connectivity index (χ3n) is 5.14. The van der Waals surface area contributed by atoms with Gasteiger partial charge in [0.1, 0.15) is 5.82 Å². The Kier molecular flexibility index (Phi) is 4.87. The van der Waals surface area contributed by atoms with Crippen LogP contribution in [0.5, 0.6) is 0 Å². The maximum atomic E-state index is 13.4. The predicted molar refractivity (Wildman–Crippen MR) is 122 cm³/mol. The summed E-state index contributed by atoms with van der Waals surface area (Å²) in [6.07, 6.45) is 8.66. The molecule has 1 amide bonds. The van der Waals surface area contributed by atoms with Crippen LogP contribution in [0.1, 0.15) is 5.69 Å². The van der Waals surface area contributed by atoms with Gasteiger partial charge in [0.2, 0.25) is 5.91 Å². The zero-order chi connectivity index (χ0) is 22.1. The van der Waals surface area contributed by atoms with Gasteiger partial charge in [-0.15, -0.1) is 0 Å². The molecule has 0 fully saturated rings. The number of anilines is 1. The van der Waals surface area contributed by atoms with Crippen molar-refractivity contribution in [3.8, 4) is 11.1 Å². The van der Waals surface area contributed by atoms with Crippen molar-refractivity contribution in [2.75, 3.05) is 5.32 Å². The molecule has 0 atom stereocenters. The normalized spacial score (nSPS) is 11.0. The first-order chi connectivity index (χ1) is 15.6. The molecule has 0 spiro atoms. The van der Waals surface area contributed by atoms with E-state index in [9.17, 15) is 9.59 Å². The minimum atomic E-state index is -0.256. The molecule has 0 bridgehead atoms. The Morgan fingerprint density at radius 2 is 1.88 bits per heavy atom. The average molecular weight is 422 g/mol. The van der Waals surface area contributed by atoms with Gasteiger partial charge in [-0.25, -0.2) is 4.98 Å². The highest BCUT2D eigenvalue weighted by molar-refractivity contribution is 5.96. The Morgan fingerprint density at radius 3 is 2.66 bits per heavy atom. The summed E-state index contributed by atoms with van der Waals surface area (Å²) in [4.78, 5) is 38.7. The van der Waals surface area contributed by atoms with Gasteiger partial charge < -0.3 is 5.32 Å². The van der Waals surface area contributed by atoms with Crippen LogP contribution < -0.4 is 10.7 Å². The largest absolute Gasteiger partial charge is 0.310 e. The van der Waals surface area contributed by atoms with Crippen molar-refractivity contribution in [1.82, 2.24) is 24.7 Å². The minimum absolute atomic E-state index is 0.120. The molecule has 0 saturated carbocycles. The third kappa shape index (κ3) is 3.81. The molecule has 156 valence electrons. The lowest BCUT2D eigenvalue weighted by Gasteiger charge is -2.04. The van der Waals surface area contributed by atoms with Crippen LogP contribution in [0.15, 0.2) is 78.2 Å². The van der Waals surface area contributed by atoms with Crippen LogP contribution in [0, 0.1) is 0 Å². The first-order valence-electron chi connectivity index (χ1n) is 9.98. The molecule has 8 nitrogen and oxygen atoms in total. The zero-order valence-electron chi connectivity index (χ0n) is 17.2. The van der Waals surface area contributed by atoms with E-state index in [2.05, 4.69) is 25.4 Å². The predicted octanol–water partition coefficient (Wildman–Crippen LogP) is 3.12. The van der Waals surface area contributed by atoms with E-state index in [-0.39, 0.29) is 17.8 Å². The molecule has 0 radical (unpaired) electrons. The fourth-order valence-corrected chi connectivity index (χ4v) is 3.55. The van der Waals surface area contributed by atoms with Crippen molar-refractivity contribution in [2.45, 2.75) is 6.42 Å². The Hall–Kier alpha value is -4.46. The zero-order valence-corrected chi connectivity index (χ0v) is 17.2. The number of aromatic nitrogens is 5. The maximum absolute atomic E-state index is 13.4. The molecule has 0 aliphatic rings. The number of hydrogen-bond donors (Lipinski definition) is 1. The summed E-state index contributed by atoms with van der Waals surface area (Å²) in [6, 6.07) is 12.4. The molecule has 4 aromatic heterocycles. The molecular weight excluding hydrogens is 404 g/mol. The van der Waals surface area contributed by atoms with Gasteiger partial charge in [0.15, 0.2) is 5.43 Å². The second kappa shape index (κ2) is 7.99. The first-order valence-corrected chi connectivity index (χ1v) is 9.98. The van der Waals surface area contributed by atoms with Gasteiger partial charge in [-0.2, -0.15) is 5.10 Å². The number of carbonyl (C=O) groups is 1. The molecule has 1 N–H and O–H groups in total. The van der Waals surface area contributed by atoms with Gasteiger partial charge in [-0.3, -0.25) is 24.2 Å². The number of pyridine rings is 3. The van der Waals surface area contributed by atoms with Crippen LogP contribution in [-0.2, 0) is 18.3 Å². The second-order valence-corrected chi connectivity index (χ2v) is 7.42. The molecule has 1 aromatic carbocycles. The standard InChI is InChI=1S/C24H18N6O2/c1-30-14-17(13-28-30)16-8-20-21(26-12-16)6-5-15-11-27-22(10-19(15)24(20)32)29-23(31)9-18-4-2-3-7-25-18/h2-8,10-14H,9H2,1H3,(H,27,29,31). The van der Waals surface area contributed by atoms with Crippen LogP contribution in [0.3, 0.4) is 0 Å². The lowest BCUT2D eigenvalue weighted by Crippen LogP contribution is -2.16. The van der Waals surface area contributed by atoms with Crippen molar-refractivity contribution in [2.24, 2.45) is 7.05 Å². The number of hydrogen-bond acceptors (Lipinski definition) is 6. The smallest absolute Gasteiger partial charge is 0.231 e. The monoisotopic (exact) mass is 422 g/mol. The molecule has 0 saturated heterocycles. The Labute approximate surface area is 182 Å². The van der Waals surface area contributed by atoms with Gasteiger partial charge >= 0.3 is 0 Å². The third-order valence-corrected chi connectivity index (χ3v) is 5.14. The molecule has 4 heterocycles. The Balaban J connectivity index is 1.55. The van der Waals surface area contributed by atoms with Crippen molar-refractivity contribution in [3.05, 3.63) is 89.4 Å².